The summed E-state index contributed by atoms with van der Waals surface area (Å²) in [5, 5.41) is 3.26. The van der Waals surface area contributed by atoms with E-state index in [0.717, 1.165) is 51.5 Å². The molecule has 1 aliphatic carbocycles. The van der Waals surface area contributed by atoms with Crippen LogP contribution in [0.4, 0.5) is 13.2 Å². The molecule has 3 rings (SSSR count). The number of nitrogens with zero attached hydrogens (tertiary/aromatic N) is 1. The molecule has 2 aliphatic rings. The number of piperazine rings is 1. The van der Waals surface area contributed by atoms with E-state index in [9.17, 15) is 13.2 Å². The van der Waals surface area contributed by atoms with E-state index in [0.29, 0.717) is 17.5 Å². The molecule has 0 radical (unpaired) electrons. The first kappa shape index (κ1) is 16.6. The van der Waals surface area contributed by atoms with Crippen LogP contribution >= 0.6 is 12.4 Å². The van der Waals surface area contributed by atoms with Crippen molar-refractivity contribution >= 4 is 12.4 Å². The smallest absolute Gasteiger partial charge is 0.161 e. The summed E-state index contributed by atoms with van der Waals surface area (Å²) in [5.41, 5.74) is 0.303. The number of hydrogen-bond acceptors (Lipinski definition) is 2. The highest BCUT2D eigenvalue weighted by Crippen LogP contribution is 2.41. The van der Waals surface area contributed by atoms with E-state index in [1.165, 1.54) is 0 Å². The molecular weight excluding hydrogens is 301 g/mol. The molecule has 6 heteroatoms. The molecule has 1 heterocycles. The second kappa shape index (κ2) is 6.99. The number of hydrogen-bond donors (Lipinski definition) is 1. The summed E-state index contributed by atoms with van der Waals surface area (Å²) in [5.74, 6) is -2.11. The molecule has 1 aliphatic heterocycles. The van der Waals surface area contributed by atoms with Crippen LogP contribution < -0.4 is 5.32 Å². The second-order valence-corrected chi connectivity index (χ2v) is 5.77. The van der Waals surface area contributed by atoms with Crippen molar-refractivity contribution in [2.24, 2.45) is 5.92 Å². The molecule has 21 heavy (non-hydrogen) atoms. The fourth-order valence-corrected chi connectivity index (χ4v) is 2.93. The van der Waals surface area contributed by atoms with Crippen molar-refractivity contribution in [3.63, 3.8) is 0 Å². The van der Waals surface area contributed by atoms with Crippen molar-refractivity contribution in [3.05, 3.63) is 35.1 Å². The zero-order chi connectivity index (χ0) is 14.1. The Kier molecular flexibility index (Phi) is 5.52. The Balaban J connectivity index is 0.00000161. The Hall–Kier alpha value is -0.780. The molecule has 1 aromatic rings. The van der Waals surface area contributed by atoms with E-state index in [2.05, 4.69) is 10.2 Å². The van der Waals surface area contributed by atoms with Crippen molar-refractivity contribution < 1.29 is 13.2 Å². The van der Waals surface area contributed by atoms with Gasteiger partial charge in [0.05, 0.1) is 0 Å². The van der Waals surface area contributed by atoms with Crippen LogP contribution in [0.2, 0.25) is 0 Å². The number of halogens is 4. The van der Waals surface area contributed by atoms with Crippen molar-refractivity contribution in [3.8, 4) is 0 Å². The third-order valence-electron chi connectivity index (χ3n) is 4.24. The molecule has 2 fully saturated rings. The van der Waals surface area contributed by atoms with Crippen LogP contribution in [0.15, 0.2) is 12.1 Å². The van der Waals surface area contributed by atoms with E-state index >= 15 is 0 Å². The van der Waals surface area contributed by atoms with Crippen LogP contribution in [0, 0.1) is 23.4 Å². The summed E-state index contributed by atoms with van der Waals surface area (Å²) in [6, 6.07) is 1.58. The zero-order valence-corrected chi connectivity index (χ0v) is 12.6. The zero-order valence-electron chi connectivity index (χ0n) is 11.7. The second-order valence-electron chi connectivity index (χ2n) is 5.77. The Morgan fingerprint density at radius 3 is 2.29 bits per heavy atom. The van der Waals surface area contributed by atoms with Crippen LogP contribution in [-0.2, 0) is 0 Å². The van der Waals surface area contributed by atoms with Gasteiger partial charge in [0.2, 0.25) is 0 Å². The Bertz CT molecular complexity index is 488. The topological polar surface area (TPSA) is 15.3 Å². The molecular formula is C15H20ClF3N2. The molecule has 0 bridgehead atoms. The summed E-state index contributed by atoms with van der Waals surface area (Å²) < 4.78 is 40.6. The lowest BCUT2D eigenvalue weighted by molar-refractivity contribution is 0.157. The van der Waals surface area contributed by atoms with Gasteiger partial charge in [-0.15, -0.1) is 12.4 Å². The predicted molar refractivity (Wildman–Crippen MR) is 78.1 cm³/mol. The van der Waals surface area contributed by atoms with Crippen LogP contribution in [0.3, 0.4) is 0 Å². The molecule has 0 aromatic heterocycles. The van der Waals surface area contributed by atoms with Crippen molar-refractivity contribution in [2.75, 3.05) is 26.2 Å². The van der Waals surface area contributed by atoms with Gasteiger partial charge >= 0.3 is 0 Å². The lowest BCUT2D eigenvalue weighted by Gasteiger charge is -2.35. The Morgan fingerprint density at radius 2 is 1.67 bits per heavy atom. The Morgan fingerprint density at radius 1 is 1.05 bits per heavy atom. The first-order valence-corrected chi connectivity index (χ1v) is 7.24. The minimum absolute atomic E-state index is 0. The van der Waals surface area contributed by atoms with Gasteiger partial charge in [-0.2, -0.15) is 0 Å². The van der Waals surface area contributed by atoms with Crippen molar-refractivity contribution in [2.45, 2.75) is 25.3 Å². The summed E-state index contributed by atoms with van der Waals surface area (Å²) in [7, 11) is 0. The number of nitrogens with one attached hydrogen (secondary N) is 1. The van der Waals surface area contributed by atoms with Gasteiger partial charge in [0.25, 0.3) is 0 Å². The van der Waals surface area contributed by atoms with E-state index in [1.807, 2.05) is 0 Å². The average molecular weight is 321 g/mol. The van der Waals surface area contributed by atoms with Gasteiger partial charge in [-0.3, -0.25) is 4.90 Å². The highest BCUT2D eigenvalue weighted by atomic mass is 35.5. The summed E-state index contributed by atoms with van der Waals surface area (Å²) >= 11 is 0. The maximum Gasteiger partial charge on any atom is 0.161 e. The Labute approximate surface area is 129 Å². The molecule has 1 saturated carbocycles. The lowest BCUT2D eigenvalue weighted by Crippen LogP contribution is -2.45. The van der Waals surface area contributed by atoms with E-state index in [1.54, 1.807) is 0 Å². The summed E-state index contributed by atoms with van der Waals surface area (Å²) in [6.07, 6.45) is 3.16. The highest BCUT2D eigenvalue weighted by Gasteiger charge is 2.32. The maximum absolute atomic E-state index is 14.1. The first-order chi connectivity index (χ1) is 9.65. The molecule has 118 valence electrons. The van der Waals surface area contributed by atoms with Gasteiger partial charge in [-0.1, -0.05) is 12.8 Å². The molecule has 0 amide bonds. The first-order valence-electron chi connectivity index (χ1n) is 7.24. The van der Waals surface area contributed by atoms with Crippen molar-refractivity contribution in [1.82, 2.24) is 10.2 Å². The van der Waals surface area contributed by atoms with E-state index in [-0.39, 0.29) is 18.4 Å². The minimum atomic E-state index is -1.11. The fraction of sp³-hybridized carbons (Fsp3) is 0.600. The van der Waals surface area contributed by atoms with Gasteiger partial charge in [-0.25, -0.2) is 13.2 Å². The number of benzene rings is 1. The largest absolute Gasteiger partial charge is 0.314 e. The molecule has 1 atom stereocenters. The summed E-state index contributed by atoms with van der Waals surface area (Å²) in [4.78, 5) is 2.19. The molecule has 0 unspecified atom stereocenters. The van der Waals surface area contributed by atoms with E-state index in [4.69, 9.17) is 0 Å². The van der Waals surface area contributed by atoms with E-state index < -0.39 is 17.5 Å². The normalized spacial score (nSPS) is 20.9. The summed E-state index contributed by atoms with van der Waals surface area (Å²) in [6.45, 7) is 3.34. The predicted octanol–water partition coefficient (Wildman–Crippen LogP) is 3.27. The van der Waals surface area contributed by atoms with Gasteiger partial charge in [0, 0.05) is 43.9 Å². The maximum atomic E-state index is 14.1. The van der Waals surface area contributed by atoms with Crippen LogP contribution in [0.1, 0.15) is 30.9 Å². The average Bonchev–Trinajstić information content (AvgIpc) is 3.26. The molecule has 1 aromatic carbocycles. The van der Waals surface area contributed by atoms with Gasteiger partial charge < -0.3 is 5.32 Å². The third kappa shape index (κ3) is 3.90. The molecule has 2 nitrogen and oxygen atoms in total. The van der Waals surface area contributed by atoms with Crippen LogP contribution in [-0.4, -0.2) is 31.1 Å². The van der Waals surface area contributed by atoms with Crippen LogP contribution in [0.5, 0.6) is 0 Å². The molecule has 1 saturated heterocycles. The SMILES string of the molecule is Cl.Fc1cc(F)c([C@H](CC2CC2)N2CCNCC2)cc1F. The third-order valence-corrected chi connectivity index (χ3v) is 4.24. The molecule has 0 spiro atoms. The standard InChI is InChI=1S/C15H19F3N2.ClH/c16-12-9-14(18)13(17)8-11(12)15(7-10-1-2-10)20-5-3-19-4-6-20;/h8-10,15,19H,1-7H2;1H/t15-;/m0./s1. The van der Waals surface area contributed by atoms with Gasteiger partial charge in [0.15, 0.2) is 11.6 Å². The minimum Gasteiger partial charge on any atom is -0.314 e. The molecule has 1 N–H and O–H groups in total. The fourth-order valence-electron chi connectivity index (χ4n) is 2.93. The van der Waals surface area contributed by atoms with Crippen LogP contribution in [0.25, 0.3) is 0 Å². The quantitative estimate of drug-likeness (QED) is 0.857. The highest BCUT2D eigenvalue weighted by molar-refractivity contribution is 5.85. The lowest BCUT2D eigenvalue weighted by atomic mass is 9.98. The number of rotatable bonds is 4. The van der Waals surface area contributed by atoms with Crippen molar-refractivity contribution in [1.29, 1.82) is 0 Å². The van der Waals surface area contributed by atoms with Gasteiger partial charge in [0.1, 0.15) is 5.82 Å². The monoisotopic (exact) mass is 320 g/mol. The van der Waals surface area contributed by atoms with Gasteiger partial charge in [-0.05, 0) is 18.4 Å².